The van der Waals surface area contributed by atoms with E-state index in [1.165, 1.54) is 10.9 Å². The van der Waals surface area contributed by atoms with E-state index < -0.39 is 7.05 Å². The molecular formula is C10H12BNO. The Balaban J connectivity index is 2.78. The molecule has 2 nitrogen and oxygen atoms in total. The van der Waals surface area contributed by atoms with E-state index in [-0.39, 0.29) is 0 Å². The van der Waals surface area contributed by atoms with Gasteiger partial charge in [-0.3, -0.25) is 0 Å². The van der Waals surface area contributed by atoms with E-state index in [1.807, 2.05) is 28.9 Å². The number of hydrogen-bond acceptors (Lipinski definition) is 1. The molecule has 13 heavy (non-hydrogen) atoms. The molecule has 0 spiro atoms. The third-order valence-electron chi connectivity index (χ3n) is 2.34. The topological polar surface area (TPSA) is 25.2 Å². The van der Waals surface area contributed by atoms with Crippen LogP contribution in [0.15, 0.2) is 30.5 Å². The molecule has 1 heterocycles. The third-order valence-corrected chi connectivity index (χ3v) is 2.34. The first-order valence-corrected chi connectivity index (χ1v) is 4.44. The second-order valence-electron chi connectivity index (χ2n) is 3.37. The SMILES string of the molecule is CB(O)n1cc(C)c2ccccc21. The summed E-state index contributed by atoms with van der Waals surface area (Å²) in [4.78, 5) is 0. The Kier molecular flexibility index (Phi) is 1.89. The van der Waals surface area contributed by atoms with Crippen LogP contribution in [0.1, 0.15) is 5.56 Å². The van der Waals surface area contributed by atoms with Crippen molar-refractivity contribution < 1.29 is 5.02 Å². The van der Waals surface area contributed by atoms with Crippen molar-refractivity contribution in [2.45, 2.75) is 13.7 Å². The predicted molar refractivity (Wildman–Crippen MR) is 55.9 cm³/mol. The molecule has 3 heteroatoms. The van der Waals surface area contributed by atoms with E-state index in [0.717, 1.165) is 5.52 Å². The summed E-state index contributed by atoms with van der Waals surface area (Å²) in [6.45, 7) is 3.83. The maximum Gasteiger partial charge on any atom is 0.413 e. The number of nitrogens with zero attached hydrogens (tertiary/aromatic N) is 1. The fraction of sp³-hybridized carbons (Fsp3) is 0.200. The second kappa shape index (κ2) is 2.93. The zero-order valence-corrected chi connectivity index (χ0v) is 7.86. The highest BCUT2D eigenvalue weighted by atomic mass is 16.2. The smallest absolute Gasteiger partial charge is 0.413 e. The number of aryl methyl sites for hydroxylation is 1. The molecule has 0 bridgehead atoms. The van der Waals surface area contributed by atoms with Gasteiger partial charge in [0, 0.05) is 10.9 Å². The monoisotopic (exact) mass is 173 g/mol. The van der Waals surface area contributed by atoms with Gasteiger partial charge < -0.3 is 9.50 Å². The average Bonchev–Trinajstić information content (AvgIpc) is 2.45. The van der Waals surface area contributed by atoms with Gasteiger partial charge >= 0.3 is 7.05 Å². The zero-order chi connectivity index (χ0) is 9.42. The van der Waals surface area contributed by atoms with Gasteiger partial charge in [0.15, 0.2) is 0 Å². The minimum Gasteiger partial charge on any atom is -0.432 e. The zero-order valence-electron chi connectivity index (χ0n) is 7.86. The van der Waals surface area contributed by atoms with Crippen LogP contribution < -0.4 is 0 Å². The lowest BCUT2D eigenvalue weighted by Gasteiger charge is -2.03. The van der Waals surface area contributed by atoms with Crippen molar-refractivity contribution in [1.82, 2.24) is 4.48 Å². The molecule has 2 aromatic rings. The quantitative estimate of drug-likeness (QED) is 0.654. The summed E-state index contributed by atoms with van der Waals surface area (Å²) in [7, 11) is -0.460. The van der Waals surface area contributed by atoms with Crippen molar-refractivity contribution in [1.29, 1.82) is 0 Å². The van der Waals surface area contributed by atoms with Crippen molar-refractivity contribution in [3.05, 3.63) is 36.0 Å². The van der Waals surface area contributed by atoms with Gasteiger partial charge in [0.2, 0.25) is 0 Å². The molecule has 0 radical (unpaired) electrons. The van der Waals surface area contributed by atoms with Gasteiger partial charge in [-0.2, -0.15) is 0 Å². The van der Waals surface area contributed by atoms with Crippen molar-refractivity contribution in [3.63, 3.8) is 0 Å². The molecule has 0 unspecified atom stereocenters. The molecule has 0 saturated carbocycles. The average molecular weight is 173 g/mol. The fourth-order valence-corrected chi connectivity index (χ4v) is 1.69. The first kappa shape index (κ1) is 8.39. The Bertz CT molecular complexity index is 433. The van der Waals surface area contributed by atoms with Gasteiger partial charge in [-0.15, -0.1) is 0 Å². The van der Waals surface area contributed by atoms with Gasteiger partial charge in [-0.1, -0.05) is 18.2 Å². The van der Waals surface area contributed by atoms with Gasteiger partial charge in [-0.25, -0.2) is 0 Å². The van der Waals surface area contributed by atoms with Crippen LogP contribution in [-0.2, 0) is 0 Å². The van der Waals surface area contributed by atoms with E-state index in [1.54, 1.807) is 6.82 Å². The second-order valence-corrected chi connectivity index (χ2v) is 3.37. The Hall–Kier alpha value is -1.22. The molecular weight excluding hydrogens is 161 g/mol. The molecule has 1 aromatic heterocycles. The lowest BCUT2D eigenvalue weighted by atomic mass is 9.88. The van der Waals surface area contributed by atoms with Crippen molar-refractivity contribution in [3.8, 4) is 0 Å². The van der Waals surface area contributed by atoms with Crippen LogP contribution in [0.4, 0.5) is 0 Å². The summed E-state index contributed by atoms with van der Waals surface area (Å²) in [6, 6.07) is 8.10. The van der Waals surface area contributed by atoms with Gasteiger partial charge in [0.25, 0.3) is 0 Å². The number of aromatic nitrogens is 1. The van der Waals surface area contributed by atoms with Crippen LogP contribution in [0.25, 0.3) is 10.9 Å². The highest BCUT2D eigenvalue weighted by Gasteiger charge is 2.11. The lowest BCUT2D eigenvalue weighted by Crippen LogP contribution is -2.17. The molecule has 0 aliphatic carbocycles. The van der Waals surface area contributed by atoms with E-state index in [2.05, 4.69) is 13.0 Å². The highest BCUT2D eigenvalue weighted by Crippen LogP contribution is 2.19. The van der Waals surface area contributed by atoms with Crippen LogP contribution in [-0.4, -0.2) is 16.6 Å². The lowest BCUT2D eigenvalue weighted by molar-refractivity contribution is 0.566. The molecule has 1 N–H and O–H groups in total. The Morgan fingerprint density at radius 1 is 1.31 bits per heavy atom. The molecule has 0 amide bonds. The van der Waals surface area contributed by atoms with Crippen molar-refractivity contribution in [2.24, 2.45) is 0 Å². The van der Waals surface area contributed by atoms with Crippen LogP contribution in [0, 0.1) is 6.92 Å². The Labute approximate surface area is 77.9 Å². The van der Waals surface area contributed by atoms with Crippen LogP contribution in [0.5, 0.6) is 0 Å². The molecule has 2 rings (SSSR count). The number of fused-ring (bicyclic) bond motifs is 1. The standard InChI is InChI=1S/C10H12BNO/c1-8-7-12(11(2)13)10-6-4-3-5-9(8)10/h3-7,13H,1-2H3. The maximum atomic E-state index is 9.50. The largest absolute Gasteiger partial charge is 0.432 e. The number of benzene rings is 1. The molecule has 0 aliphatic rings. The molecule has 0 atom stereocenters. The predicted octanol–water partition coefficient (Wildman–Crippen LogP) is 1.91. The van der Waals surface area contributed by atoms with Gasteiger partial charge in [-0.05, 0) is 31.6 Å². The van der Waals surface area contributed by atoms with E-state index >= 15 is 0 Å². The number of hydrogen-bond donors (Lipinski definition) is 1. The summed E-state index contributed by atoms with van der Waals surface area (Å²) in [5.41, 5.74) is 2.30. The minimum absolute atomic E-state index is 0.460. The van der Waals surface area contributed by atoms with Gasteiger partial charge in [0.05, 0.1) is 0 Å². The number of para-hydroxylation sites is 1. The molecule has 0 saturated heterocycles. The summed E-state index contributed by atoms with van der Waals surface area (Å²) in [5.74, 6) is 0. The molecule has 0 aliphatic heterocycles. The van der Waals surface area contributed by atoms with E-state index in [4.69, 9.17) is 0 Å². The van der Waals surface area contributed by atoms with E-state index in [9.17, 15) is 5.02 Å². The van der Waals surface area contributed by atoms with Crippen molar-refractivity contribution >= 4 is 18.0 Å². The summed E-state index contributed by atoms with van der Waals surface area (Å²) in [5, 5.41) is 10.7. The van der Waals surface area contributed by atoms with Crippen LogP contribution >= 0.6 is 0 Å². The highest BCUT2D eigenvalue weighted by molar-refractivity contribution is 6.48. The summed E-state index contributed by atoms with van der Waals surface area (Å²) in [6.07, 6.45) is 1.98. The Morgan fingerprint density at radius 3 is 2.69 bits per heavy atom. The Morgan fingerprint density at radius 2 is 2.00 bits per heavy atom. The number of rotatable bonds is 1. The first-order chi connectivity index (χ1) is 6.20. The van der Waals surface area contributed by atoms with E-state index in [0.29, 0.717) is 0 Å². The van der Waals surface area contributed by atoms with Crippen molar-refractivity contribution in [2.75, 3.05) is 0 Å². The minimum atomic E-state index is -0.460. The molecule has 1 aromatic carbocycles. The maximum absolute atomic E-state index is 9.50. The van der Waals surface area contributed by atoms with Gasteiger partial charge in [0.1, 0.15) is 0 Å². The first-order valence-electron chi connectivity index (χ1n) is 4.44. The summed E-state index contributed by atoms with van der Waals surface area (Å²) < 4.78 is 1.88. The third kappa shape index (κ3) is 1.25. The normalized spacial score (nSPS) is 10.7. The molecule has 0 fully saturated rings. The fourth-order valence-electron chi connectivity index (χ4n) is 1.69. The molecule has 66 valence electrons. The van der Waals surface area contributed by atoms with Crippen LogP contribution in [0.3, 0.4) is 0 Å². The van der Waals surface area contributed by atoms with Crippen LogP contribution in [0.2, 0.25) is 6.82 Å². The summed E-state index contributed by atoms with van der Waals surface area (Å²) >= 11 is 0.